The maximum atomic E-state index is 6.08. The van der Waals surface area contributed by atoms with E-state index in [1.54, 1.807) is 0 Å². The van der Waals surface area contributed by atoms with Crippen molar-refractivity contribution in [2.24, 2.45) is 0 Å². The summed E-state index contributed by atoms with van der Waals surface area (Å²) in [5.41, 5.74) is 1.74. The first-order chi connectivity index (χ1) is 9.29. The van der Waals surface area contributed by atoms with Gasteiger partial charge in [0.2, 0.25) is 5.16 Å². The summed E-state index contributed by atoms with van der Waals surface area (Å²) < 4.78 is 1.92. The molecule has 0 aromatic carbocycles. The fraction of sp³-hybridized carbons (Fsp3) is 0.167. The van der Waals surface area contributed by atoms with Gasteiger partial charge < -0.3 is 0 Å². The Kier molecular flexibility index (Phi) is 3.35. The van der Waals surface area contributed by atoms with Crippen LogP contribution < -0.4 is 0 Å². The van der Waals surface area contributed by atoms with Crippen LogP contribution in [0.2, 0.25) is 5.15 Å². The van der Waals surface area contributed by atoms with Gasteiger partial charge in [0, 0.05) is 11.8 Å². The van der Waals surface area contributed by atoms with Gasteiger partial charge in [0.15, 0.2) is 5.65 Å². The third-order valence-electron chi connectivity index (χ3n) is 2.68. The highest BCUT2D eigenvalue weighted by molar-refractivity contribution is 7.99. The Hall–Kier alpha value is -1.66. The van der Waals surface area contributed by atoms with Crippen molar-refractivity contribution in [3.05, 3.63) is 41.4 Å². The summed E-state index contributed by atoms with van der Waals surface area (Å²) in [4.78, 5) is 8.28. The molecular formula is C12H10ClN5S. The van der Waals surface area contributed by atoms with Gasteiger partial charge in [-0.3, -0.25) is 4.40 Å². The highest BCUT2D eigenvalue weighted by Gasteiger charge is 2.13. The van der Waals surface area contributed by atoms with Crippen LogP contribution in [-0.2, 0) is 6.42 Å². The predicted molar refractivity (Wildman–Crippen MR) is 73.5 cm³/mol. The van der Waals surface area contributed by atoms with E-state index in [1.165, 1.54) is 18.1 Å². The van der Waals surface area contributed by atoms with Crippen LogP contribution in [0.5, 0.6) is 0 Å². The number of pyridine rings is 1. The Morgan fingerprint density at radius 2 is 2.16 bits per heavy atom. The van der Waals surface area contributed by atoms with E-state index in [0.29, 0.717) is 5.15 Å². The van der Waals surface area contributed by atoms with Gasteiger partial charge in [-0.15, -0.1) is 10.2 Å². The lowest BCUT2D eigenvalue weighted by Crippen LogP contribution is -1.95. The molecule has 0 unspecified atom stereocenters. The molecule has 0 bridgehead atoms. The Balaban J connectivity index is 2.04. The van der Waals surface area contributed by atoms with Crippen LogP contribution in [0, 0.1) is 0 Å². The number of fused-ring (bicyclic) bond motifs is 1. The van der Waals surface area contributed by atoms with E-state index < -0.39 is 0 Å². The largest absolute Gasteiger partial charge is 0.277 e. The Morgan fingerprint density at radius 1 is 1.26 bits per heavy atom. The summed E-state index contributed by atoms with van der Waals surface area (Å²) in [5.74, 6) is 0. The lowest BCUT2D eigenvalue weighted by atomic mass is 10.3. The molecule has 0 fully saturated rings. The molecular weight excluding hydrogens is 282 g/mol. The Labute approximate surface area is 119 Å². The van der Waals surface area contributed by atoms with Crippen LogP contribution in [0.25, 0.3) is 5.65 Å². The molecule has 0 aliphatic heterocycles. The number of hydrogen-bond donors (Lipinski definition) is 0. The minimum atomic E-state index is 0.494. The summed E-state index contributed by atoms with van der Waals surface area (Å²) in [5, 5.41) is 10.4. The van der Waals surface area contributed by atoms with Crippen molar-refractivity contribution in [1.29, 1.82) is 0 Å². The average Bonchev–Trinajstić information content (AvgIpc) is 2.83. The summed E-state index contributed by atoms with van der Waals surface area (Å²) in [6.07, 6.45) is 4.16. The van der Waals surface area contributed by atoms with Crippen LogP contribution in [0.3, 0.4) is 0 Å². The molecule has 5 nitrogen and oxygen atoms in total. The summed E-state index contributed by atoms with van der Waals surface area (Å²) in [7, 11) is 0. The molecule has 3 rings (SSSR count). The van der Waals surface area contributed by atoms with Crippen molar-refractivity contribution in [3.8, 4) is 0 Å². The summed E-state index contributed by atoms with van der Waals surface area (Å²) >= 11 is 7.52. The fourth-order valence-electron chi connectivity index (χ4n) is 1.74. The van der Waals surface area contributed by atoms with Crippen molar-refractivity contribution in [1.82, 2.24) is 24.6 Å². The minimum absolute atomic E-state index is 0.494. The smallest absolute Gasteiger partial charge is 0.201 e. The second-order valence-corrected chi connectivity index (χ2v) is 5.13. The quantitative estimate of drug-likeness (QED) is 0.695. The van der Waals surface area contributed by atoms with Crippen molar-refractivity contribution < 1.29 is 0 Å². The SMILES string of the molecule is CCc1c(Cl)ncnc1Sc1nnc2ccccn12. The van der Waals surface area contributed by atoms with Crippen LogP contribution >= 0.6 is 23.4 Å². The van der Waals surface area contributed by atoms with E-state index in [-0.39, 0.29) is 0 Å². The van der Waals surface area contributed by atoms with Gasteiger partial charge in [-0.1, -0.05) is 24.6 Å². The lowest BCUT2D eigenvalue weighted by molar-refractivity contribution is 0.900. The summed E-state index contributed by atoms with van der Waals surface area (Å²) in [6, 6.07) is 5.77. The standard InChI is InChI=1S/C12H10ClN5S/c1-2-8-10(13)14-7-15-11(8)19-12-17-16-9-5-3-4-6-18(9)12/h3-7H,2H2,1H3. The van der Waals surface area contributed by atoms with Gasteiger partial charge in [-0.25, -0.2) is 9.97 Å². The van der Waals surface area contributed by atoms with Gasteiger partial charge in [-0.2, -0.15) is 0 Å². The Bertz CT molecular complexity index is 727. The number of aromatic nitrogens is 5. The fourth-order valence-corrected chi connectivity index (χ4v) is 3.03. The molecule has 0 aliphatic rings. The second-order valence-electron chi connectivity index (χ2n) is 3.82. The van der Waals surface area contributed by atoms with E-state index in [4.69, 9.17) is 11.6 Å². The molecule has 0 saturated heterocycles. The van der Waals surface area contributed by atoms with E-state index >= 15 is 0 Å². The molecule has 0 amide bonds. The zero-order valence-corrected chi connectivity index (χ0v) is 11.7. The average molecular weight is 292 g/mol. The third kappa shape index (κ3) is 2.29. The molecule has 7 heteroatoms. The summed E-state index contributed by atoms with van der Waals surface area (Å²) in [6.45, 7) is 2.02. The Morgan fingerprint density at radius 3 is 3.00 bits per heavy atom. The highest BCUT2D eigenvalue weighted by Crippen LogP contribution is 2.30. The van der Waals surface area contributed by atoms with Gasteiger partial charge in [-0.05, 0) is 30.3 Å². The van der Waals surface area contributed by atoms with E-state index in [1.807, 2.05) is 35.7 Å². The lowest BCUT2D eigenvalue weighted by Gasteiger charge is -2.05. The van der Waals surface area contributed by atoms with Gasteiger partial charge in [0.25, 0.3) is 0 Å². The van der Waals surface area contributed by atoms with Crippen molar-refractivity contribution in [3.63, 3.8) is 0 Å². The number of rotatable bonds is 3. The maximum Gasteiger partial charge on any atom is 0.201 e. The topological polar surface area (TPSA) is 56.0 Å². The van der Waals surface area contributed by atoms with Crippen LogP contribution in [-0.4, -0.2) is 24.6 Å². The molecule has 0 radical (unpaired) electrons. The molecule has 0 saturated carbocycles. The zero-order chi connectivity index (χ0) is 13.2. The van der Waals surface area contributed by atoms with Gasteiger partial charge in [0.05, 0.1) is 0 Å². The molecule has 3 aromatic rings. The molecule has 96 valence electrons. The van der Waals surface area contributed by atoms with Gasteiger partial charge in [0.1, 0.15) is 16.5 Å². The molecule has 3 aromatic heterocycles. The molecule has 0 spiro atoms. The first-order valence-electron chi connectivity index (χ1n) is 5.76. The number of nitrogens with zero attached hydrogens (tertiary/aromatic N) is 5. The van der Waals surface area contributed by atoms with Crippen LogP contribution in [0.1, 0.15) is 12.5 Å². The van der Waals surface area contributed by atoms with E-state index in [2.05, 4.69) is 20.2 Å². The first kappa shape index (κ1) is 12.4. The molecule has 0 atom stereocenters. The van der Waals surface area contributed by atoms with Crippen molar-refractivity contribution in [2.45, 2.75) is 23.5 Å². The zero-order valence-electron chi connectivity index (χ0n) is 10.1. The maximum absolute atomic E-state index is 6.08. The first-order valence-corrected chi connectivity index (χ1v) is 6.96. The normalized spacial score (nSPS) is 11.1. The molecule has 0 N–H and O–H groups in total. The highest BCUT2D eigenvalue weighted by atomic mass is 35.5. The van der Waals surface area contributed by atoms with Crippen molar-refractivity contribution >= 4 is 29.0 Å². The van der Waals surface area contributed by atoms with Crippen molar-refractivity contribution in [2.75, 3.05) is 0 Å². The molecule has 3 heterocycles. The molecule has 0 aliphatic carbocycles. The predicted octanol–water partition coefficient (Wildman–Crippen LogP) is 2.89. The second kappa shape index (κ2) is 5.14. The number of halogens is 1. The third-order valence-corrected chi connectivity index (χ3v) is 4.01. The van der Waals surface area contributed by atoms with E-state index in [0.717, 1.165) is 27.8 Å². The van der Waals surface area contributed by atoms with E-state index in [9.17, 15) is 0 Å². The molecule has 19 heavy (non-hydrogen) atoms. The minimum Gasteiger partial charge on any atom is -0.277 e. The number of hydrogen-bond acceptors (Lipinski definition) is 5. The van der Waals surface area contributed by atoms with Gasteiger partial charge >= 0.3 is 0 Å². The van der Waals surface area contributed by atoms with Crippen LogP contribution in [0.4, 0.5) is 0 Å². The monoisotopic (exact) mass is 291 g/mol. The van der Waals surface area contributed by atoms with Crippen LogP contribution in [0.15, 0.2) is 40.9 Å².